The lowest BCUT2D eigenvalue weighted by Gasteiger charge is -2.43. The summed E-state index contributed by atoms with van der Waals surface area (Å²) in [4.78, 5) is 32.4. The van der Waals surface area contributed by atoms with Crippen LogP contribution in [0.25, 0.3) is 0 Å². The number of ether oxygens (including phenoxy) is 1. The number of likely N-dealkylation sites (tertiary alicyclic amines) is 1. The van der Waals surface area contributed by atoms with Gasteiger partial charge in [-0.05, 0) is 81.7 Å². The summed E-state index contributed by atoms with van der Waals surface area (Å²) in [7, 11) is 2.09. The summed E-state index contributed by atoms with van der Waals surface area (Å²) in [6.07, 6.45) is 0.137. The molecule has 1 N–H and O–H groups in total. The molecule has 1 amide bonds. The predicted molar refractivity (Wildman–Crippen MR) is 129 cm³/mol. The van der Waals surface area contributed by atoms with Crippen LogP contribution in [-0.2, 0) is 11.0 Å². The zero-order valence-electron chi connectivity index (χ0n) is 19.1. The van der Waals surface area contributed by atoms with Gasteiger partial charge in [0.05, 0.1) is 5.69 Å². The lowest BCUT2D eigenvalue weighted by Crippen LogP contribution is -2.55. The third-order valence-corrected chi connectivity index (χ3v) is 7.47. The number of aromatic nitrogens is 1. The molecule has 186 valence electrons. The molecular formula is C24H25F3N4O3S. The van der Waals surface area contributed by atoms with Gasteiger partial charge in [0, 0.05) is 25.0 Å². The van der Waals surface area contributed by atoms with E-state index < -0.39 is 22.8 Å². The molecule has 3 aliphatic rings. The molecule has 1 spiro atoms. The highest BCUT2D eigenvalue weighted by atomic mass is 32.1. The minimum atomic E-state index is -4.86. The Kier molecular flexibility index (Phi) is 5.87. The van der Waals surface area contributed by atoms with E-state index in [1.165, 1.54) is 0 Å². The molecule has 7 nitrogen and oxygen atoms in total. The number of piperidine rings is 1. The molecule has 0 unspecified atom stereocenters. The Morgan fingerprint density at radius 3 is 2.31 bits per heavy atom. The molecule has 0 radical (unpaired) electrons. The van der Waals surface area contributed by atoms with Crippen molar-refractivity contribution >= 4 is 34.6 Å². The van der Waals surface area contributed by atoms with Crippen LogP contribution < -0.4 is 20.1 Å². The first-order valence-electron chi connectivity index (χ1n) is 11.5. The number of hydrogen-bond donors (Lipinski definition) is 1. The molecule has 2 aliphatic heterocycles. The molecule has 2 saturated heterocycles. The van der Waals surface area contributed by atoms with Gasteiger partial charge in [0.2, 0.25) is 0 Å². The van der Waals surface area contributed by atoms with Gasteiger partial charge >= 0.3 is 6.18 Å². The van der Waals surface area contributed by atoms with E-state index in [2.05, 4.69) is 16.9 Å². The highest BCUT2D eigenvalue weighted by Crippen LogP contribution is 2.48. The van der Waals surface area contributed by atoms with Crippen LogP contribution in [0.3, 0.4) is 0 Å². The van der Waals surface area contributed by atoms with Crippen LogP contribution in [0.15, 0.2) is 41.3 Å². The molecule has 0 bridgehead atoms. The Morgan fingerprint density at radius 1 is 1.09 bits per heavy atom. The van der Waals surface area contributed by atoms with Crippen molar-refractivity contribution in [3.8, 4) is 5.75 Å². The Hall–Kier alpha value is -2.92. The van der Waals surface area contributed by atoms with E-state index in [1.807, 2.05) is 24.3 Å². The number of thiocarbonyl (C=S) groups is 1. The molecule has 3 heterocycles. The fourth-order valence-electron chi connectivity index (χ4n) is 4.99. The molecule has 5 rings (SSSR count). The average molecular weight is 507 g/mol. The number of halogens is 3. The predicted octanol–water partition coefficient (Wildman–Crippen LogP) is 3.93. The average Bonchev–Trinajstić information content (AvgIpc) is 3.02. The SMILES string of the molecule is CN1CCC(Oc2ccc(N3C(=S)N(c4c[nH]c(=O)c(C(F)(F)F)c4)C(=O)C34CCC4)cc2)CC1. The van der Waals surface area contributed by atoms with Gasteiger partial charge < -0.3 is 19.5 Å². The number of pyridine rings is 1. The molecule has 2 aromatic rings. The summed E-state index contributed by atoms with van der Waals surface area (Å²) in [5.41, 5.74) is -3.02. The Labute approximate surface area is 205 Å². The van der Waals surface area contributed by atoms with E-state index in [9.17, 15) is 22.8 Å². The minimum Gasteiger partial charge on any atom is -0.490 e. The van der Waals surface area contributed by atoms with Gasteiger partial charge in [-0.1, -0.05) is 0 Å². The van der Waals surface area contributed by atoms with E-state index in [-0.39, 0.29) is 22.8 Å². The molecule has 0 atom stereocenters. The first kappa shape index (κ1) is 23.8. The van der Waals surface area contributed by atoms with Crippen LogP contribution in [0.5, 0.6) is 5.75 Å². The van der Waals surface area contributed by atoms with Gasteiger partial charge in [-0.3, -0.25) is 14.5 Å². The lowest BCUT2D eigenvalue weighted by molar-refractivity contribution is -0.138. The van der Waals surface area contributed by atoms with Crippen molar-refractivity contribution in [2.45, 2.75) is 49.9 Å². The summed E-state index contributed by atoms with van der Waals surface area (Å²) in [6.45, 7) is 1.96. The summed E-state index contributed by atoms with van der Waals surface area (Å²) in [6, 6.07) is 7.98. The second-order valence-corrected chi connectivity index (χ2v) is 9.72. The molecule has 1 aromatic heterocycles. The zero-order valence-corrected chi connectivity index (χ0v) is 19.9. The number of nitrogens with one attached hydrogen (secondary N) is 1. The number of alkyl halides is 3. The van der Waals surface area contributed by atoms with Gasteiger partial charge in [-0.25, -0.2) is 0 Å². The molecule has 11 heteroatoms. The number of H-pyrrole nitrogens is 1. The molecule has 3 fully saturated rings. The first-order valence-corrected chi connectivity index (χ1v) is 11.9. The van der Waals surface area contributed by atoms with Crippen LogP contribution in [-0.4, -0.2) is 52.7 Å². The molecule has 35 heavy (non-hydrogen) atoms. The highest BCUT2D eigenvalue weighted by Gasteiger charge is 2.59. The maximum Gasteiger partial charge on any atom is 0.421 e. The molecule has 1 aliphatic carbocycles. The first-order chi connectivity index (χ1) is 16.6. The smallest absolute Gasteiger partial charge is 0.421 e. The highest BCUT2D eigenvalue weighted by molar-refractivity contribution is 7.81. The Balaban J connectivity index is 1.43. The standard InChI is InChI=1S/C24H25F3N4O3S/c1-29-11-7-18(8-12-29)34-17-5-3-15(4-6-17)31-22(35)30(21(33)23(31)9-2-10-23)16-13-19(24(25,26)27)20(32)28-14-16/h3-6,13-14,18H,2,7-12H2,1H3,(H,28,32). The Morgan fingerprint density at radius 2 is 1.74 bits per heavy atom. The van der Waals surface area contributed by atoms with Gasteiger partial charge in [-0.15, -0.1) is 0 Å². The van der Waals surface area contributed by atoms with Crippen LogP contribution >= 0.6 is 12.2 Å². The third kappa shape index (κ3) is 4.10. The van der Waals surface area contributed by atoms with Gasteiger partial charge in [0.25, 0.3) is 11.5 Å². The van der Waals surface area contributed by atoms with Crippen molar-refractivity contribution in [1.29, 1.82) is 0 Å². The number of aromatic amines is 1. The van der Waals surface area contributed by atoms with Crippen molar-refractivity contribution in [3.63, 3.8) is 0 Å². The Bertz CT molecular complexity index is 1200. The van der Waals surface area contributed by atoms with Gasteiger partial charge in [-0.2, -0.15) is 13.2 Å². The number of anilines is 2. The largest absolute Gasteiger partial charge is 0.490 e. The van der Waals surface area contributed by atoms with E-state index in [4.69, 9.17) is 17.0 Å². The number of rotatable bonds is 4. The maximum absolute atomic E-state index is 13.5. The normalized spacial score (nSPS) is 21.0. The van der Waals surface area contributed by atoms with E-state index in [0.717, 1.165) is 49.2 Å². The number of benzene rings is 1. The van der Waals surface area contributed by atoms with Crippen LogP contribution in [0.1, 0.15) is 37.7 Å². The number of amides is 1. The number of hydrogen-bond acceptors (Lipinski definition) is 5. The maximum atomic E-state index is 13.5. The van der Waals surface area contributed by atoms with Crippen molar-refractivity contribution in [3.05, 3.63) is 52.4 Å². The minimum absolute atomic E-state index is 0.0823. The van der Waals surface area contributed by atoms with Crippen LogP contribution in [0.4, 0.5) is 24.5 Å². The third-order valence-electron chi connectivity index (χ3n) is 7.11. The van der Waals surface area contributed by atoms with Crippen molar-refractivity contribution in [2.75, 3.05) is 29.9 Å². The monoisotopic (exact) mass is 506 g/mol. The lowest BCUT2D eigenvalue weighted by atomic mass is 9.75. The quantitative estimate of drug-likeness (QED) is 0.634. The van der Waals surface area contributed by atoms with Gasteiger partial charge in [0.15, 0.2) is 5.11 Å². The summed E-state index contributed by atoms with van der Waals surface area (Å²) in [5.74, 6) is 0.329. The molecular weight excluding hydrogens is 481 g/mol. The van der Waals surface area contributed by atoms with E-state index in [0.29, 0.717) is 24.6 Å². The summed E-state index contributed by atoms with van der Waals surface area (Å²) in [5, 5.41) is 0.0823. The second kappa shape index (κ2) is 8.63. The fourth-order valence-corrected chi connectivity index (χ4v) is 5.46. The zero-order chi connectivity index (χ0) is 25.0. The fraction of sp³-hybridized carbons (Fsp3) is 0.458. The van der Waals surface area contributed by atoms with Gasteiger partial charge in [0.1, 0.15) is 23.0 Å². The number of nitrogens with zero attached hydrogens (tertiary/aromatic N) is 3. The second-order valence-electron chi connectivity index (χ2n) is 9.36. The van der Waals surface area contributed by atoms with Crippen LogP contribution in [0.2, 0.25) is 0 Å². The number of carbonyl (C=O) groups is 1. The summed E-state index contributed by atoms with van der Waals surface area (Å²) >= 11 is 5.62. The van der Waals surface area contributed by atoms with Crippen molar-refractivity contribution in [2.24, 2.45) is 0 Å². The van der Waals surface area contributed by atoms with E-state index >= 15 is 0 Å². The van der Waals surface area contributed by atoms with Crippen molar-refractivity contribution < 1.29 is 22.7 Å². The molecule has 1 aromatic carbocycles. The van der Waals surface area contributed by atoms with E-state index in [1.54, 1.807) is 4.90 Å². The number of carbonyl (C=O) groups excluding carboxylic acids is 1. The van der Waals surface area contributed by atoms with Crippen LogP contribution in [0, 0.1) is 0 Å². The van der Waals surface area contributed by atoms with Crippen molar-refractivity contribution in [1.82, 2.24) is 9.88 Å². The topological polar surface area (TPSA) is 68.9 Å². The molecule has 1 saturated carbocycles. The summed E-state index contributed by atoms with van der Waals surface area (Å²) < 4.78 is 46.1.